The summed E-state index contributed by atoms with van der Waals surface area (Å²) >= 11 is 0. The minimum atomic E-state index is -0.221. The van der Waals surface area contributed by atoms with E-state index >= 15 is 0 Å². The van der Waals surface area contributed by atoms with Crippen molar-refractivity contribution in [3.63, 3.8) is 0 Å². The molecule has 2 N–H and O–H groups in total. The molecule has 0 saturated carbocycles. The van der Waals surface area contributed by atoms with E-state index in [0.717, 1.165) is 16.8 Å². The van der Waals surface area contributed by atoms with Gasteiger partial charge in [-0.3, -0.25) is 9.59 Å². The Morgan fingerprint density at radius 3 is 2.21 bits per heavy atom. The van der Waals surface area contributed by atoms with Crippen molar-refractivity contribution in [1.29, 1.82) is 0 Å². The normalized spacial score (nSPS) is 11.8. The smallest absolute Gasteiger partial charge is 0.255 e. The molecule has 0 saturated heterocycles. The van der Waals surface area contributed by atoms with Crippen molar-refractivity contribution in [2.24, 2.45) is 0 Å². The highest BCUT2D eigenvalue weighted by Crippen LogP contribution is 2.32. The number of benzene rings is 3. The predicted molar refractivity (Wildman–Crippen MR) is 109 cm³/mol. The zero-order valence-electron chi connectivity index (χ0n) is 15.9. The molecule has 3 aromatic rings. The van der Waals surface area contributed by atoms with Gasteiger partial charge in [0.15, 0.2) is 11.5 Å². The largest absolute Gasteiger partial charge is 0.454 e. The molecule has 6 nitrogen and oxygen atoms in total. The SMILES string of the molecule is Cc1ccc(NC(=O)c2ccc(C(=O)NCc3ccc4c(c3)OCO4)cc2)cc1. The molecule has 2 amide bonds. The van der Waals surface area contributed by atoms with Gasteiger partial charge in [0.1, 0.15) is 0 Å². The number of anilines is 1. The van der Waals surface area contributed by atoms with Gasteiger partial charge < -0.3 is 20.1 Å². The highest BCUT2D eigenvalue weighted by Gasteiger charge is 2.14. The minimum Gasteiger partial charge on any atom is -0.454 e. The molecular weight excluding hydrogens is 368 g/mol. The highest BCUT2D eigenvalue weighted by atomic mass is 16.7. The zero-order chi connectivity index (χ0) is 20.2. The van der Waals surface area contributed by atoms with Crippen LogP contribution in [0.2, 0.25) is 0 Å². The third kappa shape index (κ3) is 4.38. The van der Waals surface area contributed by atoms with E-state index in [2.05, 4.69) is 10.6 Å². The monoisotopic (exact) mass is 388 g/mol. The van der Waals surface area contributed by atoms with E-state index in [0.29, 0.717) is 29.2 Å². The Morgan fingerprint density at radius 2 is 1.48 bits per heavy atom. The van der Waals surface area contributed by atoms with Gasteiger partial charge in [0, 0.05) is 23.4 Å². The number of fused-ring (bicyclic) bond motifs is 1. The Labute approximate surface area is 168 Å². The molecule has 0 spiro atoms. The van der Waals surface area contributed by atoms with E-state index in [1.165, 1.54) is 0 Å². The van der Waals surface area contributed by atoms with Gasteiger partial charge in [-0.05, 0) is 61.0 Å². The van der Waals surface area contributed by atoms with Crippen LogP contribution in [0.5, 0.6) is 11.5 Å². The standard InChI is InChI=1S/C23H20N2O4/c1-15-2-9-19(10-3-15)25-23(27)18-7-5-17(6-8-18)22(26)24-13-16-4-11-20-21(12-16)29-14-28-20/h2-12H,13-14H2,1H3,(H,24,26)(H,25,27). The molecule has 4 rings (SSSR count). The summed E-state index contributed by atoms with van der Waals surface area (Å²) in [6.45, 7) is 2.57. The van der Waals surface area contributed by atoms with E-state index in [4.69, 9.17) is 9.47 Å². The molecule has 0 atom stereocenters. The number of amides is 2. The van der Waals surface area contributed by atoms with Crippen LogP contribution in [-0.2, 0) is 6.54 Å². The van der Waals surface area contributed by atoms with Crippen molar-refractivity contribution in [1.82, 2.24) is 5.32 Å². The third-order valence-electron chi connectivity index (χ3n) is 4.61. The van der Waals surface area contributed by atoms with Crippen molar-refractivity contribution in [3.8, 4) is 11.5 Å². The molecule has 0 bridgehead atoms. The van der Waals surface area contributed by atoms with Crippen LogP contribution < -0.4 is 20.1 Å². The fraction of sp³-hybridized carbons (Fsp3) is 0.130. The summed E-state index contributed by atoms with van der Waals surface area (Å²) in [4.78, 5) is 24.7. The Kier molecular flexibility index (Phi) is 5.16. The van der Waals surface area contributed by atoms with Crippen molar-refractivity contribution >= 4 is 17.5 Å². The number of ether oxygens (including phenoxy) is 2. The first-order valence-electron chi connectivity index (χ1n) is 9.23. The number of aryl methyl sites for hydroxylation is 1. The molecule has 6 heteroatoms. The van der Waals surface area contributed by atoms with Gasteiger partial charge in [-0.2, -0.15) is 0 Å². The van der Waals surface area contributed by atoms with Crippen LogP contribution in [0.25, 0.3) is 0 Å². The maximum absolute atomic E-state index is 12.4. The van der Waals surface area contributed by atoms with Gasteiger partial charge in [0.2, 0.25) is 6.79 Å². The van der Waals surface area contributed by atoms with Gasteiger partial charge in [-0.1, -0.05) is 23.8 Å². The first kappa shape index (κ1) is 18.6. The Hall–Kier alpha value is -3.80. The van der Waals surface area contributed by atoms with Crippen molar-refractivity contribution in [3.05, 3.63) is 89.0 Å². The summed E-state index contributed by atoms with van der Waals surface area (Å²) in [7, 11) is 0. The maximum Gasteiger partial charge on any atom is 0.255 e. The van der Waals surface area contributed by atoms with Gasteiger partial charge >= 0.3 is 0 Å². The molecule has 0 aromatic heterocycles. The number of nitrogens with one attached hydrogen (secondary N) is 2. The van der Waals surface area contributed by atoms with Crippen LogP contribution in [0, 0.1) is 6.92 Å². The Balaban J connectivity index is 1.35. The molecular formula is C23H20N2O4. The Bertz CT molecular complexity index is 1040. The number of carbonyl (C=O) groups excluding carboxylic acids is 2. The van der Waals surface area contributed by atoms with Crippen LogP contribution in [-0.4, -0.2) is 18.6 Å². The van der Waals surface area contributed by atoms with Gasteiger partial charge in [0.25, 0.3) is 11.8 Å². The average Bonchev–Trinajstić information content (AvgIpc) is 3.21. The molecule has 0 aliphatic carbocycles. The summed E-state index contributed by atoms with van der Waals surface area (Å²) in [6.07, 6.45) is 0. The molecule has 1 aliphatic rings. The molecule has 0 unspecified atom stereocenters. The van der Waals surface area contributed by atoms with Gasteiger partial charge in [-0.15, -0.1) is 0 Å². The van der Waals surface area contributed by atoms with Crippen LogP contribution in [0.1, 0.15) is 31.8 Å². The second kappa shape index (κ2) is 8.06. The van der Waals surface area contributed by atoms with Crippen LogP contribution in [0.3, 0.4) is 0 Å². The van der Waals surface area contributed by atoms with Gasteiger partial charge in [0.05, 0.1) is 0 Å². The van der Waals surface area contributed by atoms with Crippen molar-refractivity contribution in [2.45, 2.75) is 13.5 Å². The average molecular weight is 388 g/mol. The molecule has 1 aliphatic heterocycles. The van der Waals surface area contributed by atoms with E-state index in [-0.39, 0.29) is 18.6 Å². The van der Waals surface area contributed by atoms with Crippen molar-refractivity contribution < 1.29 is 19.1 Å². The van der Waals surface area contributed by atoms with Crippen molar-refractivity contribution in [2.75, 3.05) is 12.1 Å². The third-order valence-corrected chi connectivity index (χ3v) is 4.61. The first-order valence-corrected chi connectivity index (χ1v) is 9.23. The van der Waals surface area contributed by atoms with E-state index in [1.807, 2.05) is 49.4 Å². The van der Waals surface area contributed by atoms with Crippen LogP contribution in [0.4, 0.5) is 5.69 Å². The number of hydrogen-bond acceptors (Lipinski definition) is 4. The first-order chi connectivity index (χ1) is 14.1. The zero-order valence-corrected chi connectivity index (χ0v) is 15.9. The molecule has 1 heterocycles. The second-order valence-electron chi connectivity index (χ2n) is 6.77. The van der Waals surface area contributed by atoms with E-state index in [9.17, 15) is 9.59 Å². The molecule has 3 aromatic carbocycles. The van der Waals surface area contributed by atoms with Crippen LogP contribution in [0.15, 0.2) is 66.7 Å². The van der Waals surface area contributed by atoms with E-state index in [1.54, 1.807) is 24.3 Å². The summed E-state index contributed by atoms with van der Waals surface area (Å²) in [5.41, 5.74) is 3.73. The number of rotatable bonds is 5. The summed E-state index contributed by atoms with van der Waals surface area (Å²) in [6, 6.07) is 19.7. The molecule has 29 heavy (non-hydrogen) atoms. The highest BCUT2D eigenvalue weighted by molar-refractivity contribution is 6.05. The van der Waals surface area contributed by atoms with Crippen LogP contribution >= 0.6 is 0 Å². The number of carbonyl (C=O) groups is 2. The lowest BCUT2D eigenvalue weighted by atomic mass is 10.1. The number of hydrogen-bond donors (Lipinski definition) is 2. The minimum absolute atomic E-state index is 0.215. The lowest BCUT2D eigenvalue weighted by Crippen LogP contribution is -2.23. The molecule has 0 fully saturated rings. The van der Waals surface area contributed by atoms with Gasteiger partial charge in [-0.25, -0.2) is 0 Å². The van der Waals surface area contributed by atoms with E-state index < -0.39 is 0 Å². The maximum atomic E-state index is 12.4. The summed E-state index contributed by atoms with van der Waals surface area (Å²) in [5, 5.41) is 5.70. The second-order valence-corrected chi connectivity index (χ2v) is 6.77. The fourth-order valence-corrected chi connectivity index (χ4v) is 2.95. The summed E-state index contributed by atoms with van der Waals surface area (Å²) in [5.74, 6) is 0.953. The fourth-order valence-electron chi connectivity index (χ4n) is 2.95. The Morgan fingerprint density at radius 1 is 0.828 bits per heavy atom. The topological polar surface area (TPSA) is 76.7 Å². The lowest BCUT2D eigenvalue weighted by Gasteiger charge is -2.08. The quantitative estimate of drug-likeness (QED) is 0.695. The molecule has 0 radical (unpaired) electrons. The molecule has 146 valence electrons. The lowest BCUT2D eigenvalue weighted by molar-refractivity contribution is 0.0949. The summed E-state index contributed by atoms with van der Waals surface area (Å²) < 4.78 is 10.6. The predicted octanol–water partition coefficient (Wildman–Crippen LogP) is 3.91.